The van der Waals surface area contributed by atoms with Crippen molar-refractivity contribution >= 4 is 17.4 Å². The maximum atomic E-state index is 13.5. The van der Waals surface area contributed by atoms with Crippen LogP contribution in [0.25, 0.3) is 0 Å². The zero-order valence-corrected chi connectivity index (χ0v) is 10.3. The van der Waals surface area contributed by atoms with Crippen molar-refractivity contribution in [2.75, 3.05) is 0 Å². The Morgan fingerprint density at radius 3 is 2.44 bits per heavy atom. The highest BCUT2D eigenvalue weighted by atomic mass is 35.5. The lowest BCUT2D eigenvalue weighted by Gasteiger charge is -2.05. The van der Waals surface area contributed by atoms with E-state index >= 15 is 0 Å². The van der Waals surface area contributed by atoms with Crippen LogP contribution in [0.2, 0.25) is 5.02 Å². The van der Waals surface area contributed by atoms with Crippen LogP contribution in [-0.4, -0.2) is 5.78 Å². The Morgan fingerprint density at radius 2 is 1.83 bits per heavy atom. The van der Waals surface area contributed by atoms with Crippen molar-refractivity contribution in [2.24, 2.45) is 0 Å². The third-order valence-corrected chi connectivity index (χ3v) is 3.02. The van der Waals surface area contributed by atoms with Gasteiger partial charge in [-0.2, -0.15) is 0 Å². The van der Waals surface area contributed by atoms with E-state index in [-0.39, 0.29) is 11.1 Å². The van der Waals surface area contributed by atoms with Crippen molar-refractivity contribution in [3.63, 3.8) is 0 Å². The minimum Gasteiger partial charge on any atom is -0.288 e. The van der Waals surface area contributed by atoms with E-state index in [9.17, 15) is 13.6 Å². The number of rotatable bonds is 2. The molecule has 0 heterocycles. The SMILES string of the molecule is Cc1ccc(C(=O)c2ccc(F)cc2F)cc1Cl. The molecule has 4 heteroatoms. The number of hydrogen-bond donors (Lipinski definition) is 0. The van der Waals surface area contributed by atoms with Gasteiger partial charge in [0.1, 0.15) is 11.6 Å². The molecule has 2 rings (SSSR count). The highest BCUT2D eigenvalue weighted by Crippen LogP contribution is 2.20. The largest absolute Gasteiger partial charge is 0.288 e. The Balaban J connectivity index is 2.44. The number of halogens is 3. The first-order chi connectivity index (χ1) is 8.49. The Kier molecular flexibility index (Phi) is 3.43. The molecule has 0 fully saturated rings. The smallest absolute Gasteiger partial charge is 0.196 e. The van der Waals surface area contributed by atoms with Crippen molar-refractivity contribution < 1.29 is 13.6 Å². The van der Waals surface area contributed by atoms with Gasteiger partial charge in [-0.3, -0.25) is 4.79 Å². The number of carbonyl (C=O) groups is 1. The number of benzene rings is 2. The summed E-state index contributed by atoms with van der Waals surface area (Å²) in [5.41, 5.74) is 0.931. The second kappa shape index (κ2) is 4.86. The predicted molar refractivity (Wildman–Crippen MR) is 66.0 cm³/mol. The Hall–Kier alpha value is -1.74. The molecule has 0 bridgehead atoms. The van der Waals surface area contributed by atoms with Gasteiger partial charge in [-0.05, 0) is 30.7 Å². The van der Waals surface area contributed by atoms with Gasteiger partial charge in [0, 0.05) is 16.7 Å². The lowest BCUT2D eigenvalue weighted by molar-refractivity contribution is 0.103. The molecule has 1 nitrogen and oxygen atoms in total. The summed E-state index contributed by atoms with van der Waals surface area (Å²) in [6.45, 7) is 1.80. The van der Waals surface area contributed by atoms with E-state index in [0.29, 0.717) is 11.1 Å². The molecule has 0 atom stereocenters. The molecule has 0 radical (unpaired) electrons. The molecule has 0 aliphatic carbocycles. The molecule has 0 aromatic heterocycles. The van der Waals surface area contributed by atoms with Crippen LogP contribution in [0.3, 0.4) is 0 Å². The van der Waals surface area contributed by atoms with Crippen LogP contribution in [0, 0.1) is 18.6 Å². The van der Waals surface area contributed by atoms with Crippen LogP contribution >= 0.6 is 11.6 Å². The Morgan fingerprint density at radius 1 is 1.11 bits per heavy atom. The molecule has 0 saturated heterocycles. The summed E-state index contributed by atoms with van der Waals surface area (Å²) in [7, 11) is 0. The lowest BCUT2D eigenvalue weighted by Crippen LogP contribution is -2.04. The van der Waals surface area contributed by atoms with Gasteiger partial charge in [0.2, 0.25) is 0 Å². The Labute approximate surface area is 108 Å². The van der Waals surface area contributed by atoms with Crippen LogP contribution in [0.1, 0.15) is 21.5 Å². The van der Waals surface area contributed by atoms with Crippen LogP contribution in [0.15, 0.2) is 36.4 Å². The van der Waals surface area contributed by atoms with Crippen LogP contribution in [0.5, 0.6) is 0 Å². The molecule has 0 unspecified atom stereocenters. The van der Waals surface area contributed by atoms with Gasteiger partial charge in [-0.1, -0.05) is 23.7 Å². The standard InChI is InChI=1S/C14H9ClF2O/c1-8-2-3-9(6-12(8)15)14(18)11-5-4-10(16)7-13(11)17/h2-7H,1H3. The minimum absolute atomic E-state index is 0.170. The molecular weight excluding hydrogens is 258 g/mol. The molecule has 92 valence electrons. The van der Waals surface area contributed by atoms with Gasteiger partial charge in [0.05, 0.1) is 5.56 Å². The number of aryl methyl sites for hydroxylation is 1. The molecular formula is C14H9ClF2O. The number of hydrogen-bond acceptors (Lipinski definition) is 1. The molecule has 0 amide bonds. The second-order valence-corrected chi connectivity index (χ2v) is 4.32. The van der Waals surface area contributed by atoms with E-state index in [0.717, 1.165) is 17.7 Å². The summed E-state index contributed by atoms with van der Waals surface area (Å²) in [4.78, 5) is 12.0. The fraction of sp³-hybridized carbons (Fsp3) is 0.0714. The average molecular weight is 267 g/mol. The predicted octanol–water partition coefficient (Wildman–Crippen LogP) is 4.16. The van der Waals surface area contributed by atoms with Crippen molar-refractivity contribution in [1.29, 1.82) is 0 Å². The first-order valence-corrected chi connectivity index (χ1v) is 5.63. The average Bonchev–Trinajstić information content (AvgIpc) is 2.32. The fourth-order valence-electron chi connectivity index (χ4n) is 1.56. The fourth-order valence-corrected chi connectivity index (χ4v) is 1.74. The summed E-state index contributed by atoms with van der Waals surface area (Å²) in [5.74, 6) is -2.11. The summed E-state index contributed by atoms with van der Waals surface area (Å²) in [6, 6.07) is 7.57. The summed E-state index contributed by atoms with van der Waals surface area (Å²) < 4.78 is 26.2. The van der Waals surface area contributed by atoms with Gasteiger partial charge in [-0.25, -0.2) is 8.78 Å². The summed E-state index contributed by atoms with van der Waals surface area (Å²) in [5, 5.41) is 0.434. The summed E-state index contributed by atoms with van der Waals surface area (Å²) in [6.07, 6.45) is 0. The van der Waals surface area contributed by atoms with Gasteiger partial charge in [-0.15, -0.1) is 0 Å². The number of ketones is 1. The molecule has 2 aromatic rings. The third-order valence-electron chi connectivity index (χ3n) is 2.61. The van der Waals surface area contributed by atoms with E-state index in [4.69, 9.17) is 11.6 Å². The summed E-state index contributed by atoms with van der Waals surface area (Å²) >= 11 is 5.90. The third kappa shape index (κ3) is 2.41. The highest BCUT2D eigenvalue weighted by Gasteiger charge is 2.15. The van der Waals surface area contributed by atoms with Crippen molar-refractivity contribution in [3.8, 4) is 0 Å². The van der Waals surface area contributed by atoms with E-state index in [2.05, 4.69) is 0 Å². The van der Waals surface area contributed by atoms with Crippen molar-refractivity contribution in [1.82, 2.24) is 0 Å². The normalized spacial score (nSPS) is 10.4. The van der Waals surface area contributed by atoms with Crippen molar-refractivity contribution in [2.45, 2.75) is 6.92 Å². The van der Waals surface area contributed by atoms with Gasteiger partial charge < -0.3 is 0 Å². The molecule has 0 aliphatic heterocycles. The van der Waals surface area contributed by atoms with Crippen LogP contribution in [-0.2, 0) is 0 Å². The maximum Gasteiger partial charge on any atom is 0.196 e. The molecule has 0 aliphatic rings. The van der Waals surface area contributed by atoms with Crippen molar-refractivity contribution in [3.05, 3.63) is 69.7 Å². The van der Waals surface area contributed by atoms with E-state index in [1.165, 1.54) is 6.07 Å². The topological polar surface area (TPSA) is 17.1 Å². The monoisotopic (exact) mass is 266 g/mol. The van der Waals surface area contributed by atoms with Crippen LogP contribution < -0.4 is 0 Å². The minimum atomic E-state index is -0.878. The molecule has 0 spiro atoms. The molecule has 0 N–H and O–H groups in total. The van der Waals surface area contributed by atoms with E-state index < -0.39 is 17.4 Å². The molecule has 0 saturated carbocycles. The van der Waals surface area contributed by atoms with Gasteiger partial charge in [0.25, 0.3) is 0 Å². The van der Waals surface area contributed by atoms with E-state index in [1.807, 2.05) is 0 Å². The maximum absolute atomic E-state index is 13.5. The van der Waals surface area contributed by atoms with Gasteiger partial charge >= 0.3 is 0 Å². The second-order valence-electron chi connectivity index (χ2n) is 3.92. The molecule has 18 heavy (non-hydrogen) atoms. The van der Waals surface area contributed by atoms with Gasteiger partial charge in [0.15, 0.2) is 5.78 Å². The van der Waals surface area contributed by atoms with E-state index in [1.54, 1.807) is 19.1 Å². The first kappa shape index (κ1) is 12.7. The quantitative estimate of drug-likeness (QED) is 0.746. The van der Waals surface area contributed by atoms with Crippen LogP contribution in [0.4, 0.5) is 8.78 Å². The highest BCUT2D eigenvalue weighted by molar-refractivity contribution is 6.31. The zero-order chi connectivity index (χ0) is 13.3. The lowest BCUT2D eigenvalue weighted by atomic mass is 10.0. The first-order valence-electron chi connectivity index (χ1n) is 5.25. The zero-order valence-electron chi connectivity index (χ0n) is 9.51. The molecule has 2 aromatic carbocycles. The Bertz CT molecular complexity index is 623. The number of carbonyl (C=O) groups excluding carboxylic acids is 1.